The minimum Gasteiger partial charge on any atom is -0.491 e. The Bertz CT molecular complexity index is 407. The second-order valence-corrected chi connectivity index (χ2v) is 4.22. The molecule has 0 radical (unpaired) electrons. The van der Waals surface area contributed by atoms with Crippen LogP contribution in [0.5, 0.6) is 5.75 Å². The predicted molar refractivity (Wildman–Crippen MR) is 61.2 cm³/mol. The molecular weight excluding hydrogens is 247 g/mol. The number of rotatable bonds is 4. The average Bonchev–Trinajstić information content (AvgIpc) is 2.26. The van der Waals surface area contributed by atoms with Crippen molar-refractivity contribution in [3.63, 3.8) is 0 Å². The quantitative estimate of drug-likeness (QED) is 0.875. The molecule has 0 aliphatic rings. The number of nitrogens with two attached hydrogens (primary N) is 1. The molecule has 0 saturated heterocycles. The molecule has 0 heterocycles. The molecule has 3 N–H and O–H groups in total. The van der Waals surface area contributed by atoms with Crippen molar-refractivity contribution in [2.24, 2.45) is 5.73 Å². The lowest BCUT2D eigenvalue weighted by molar-refractivity contribution is -0.262. The molecule has 0 spiro atoms. The summed E-state index contributed by atoms with van der Waals surface area (Å²) >= 11 is 0. The molecule has 1 aromatic rings. The van der Waals surface area contributed by atoms with Gasteiger partial charge in [-0.3, -0.25) is 0 Å². The van der Waals surface area contributed by atoms with Crippen molar-refractivity contribution < 1.29 is 23.0 Å². The zero-order valence-electron chi connectivity index (χ0n) is 10.2. The summed E-state index contributed by atoms with van der Waals surface area (Å²) < 4.78 is 44.0. The molecular formula is C12H16F3NO2. The van der Waals surface area contributed by atoms with Crippen LogP contribution in [0.1, 0.15) is 19.4 Å². The number of ether oxygens (including phenoxy) is 1. The number of alkyl halides is 3. The molecule has 0 aromatic heterocycles. The SMILES string of the molecule is CC(C)Oc1ccccc1C(O)(CN)C(F)(F)F. The van der Waals surface area contributed by atoms with E-state index in [2.05, 4.69) is 0 Å². The highest BCUT2D eigenvalue weighted by Crippen LogP contribution is 2.42. The lowest BCUT2D eigenvalue weighted by Crippen LogP contribution is -2.48. The van der Waals surface area contributed by atoms with Crippen LogP contribution in [0.25, 0.3) is 0 Å². The summed E-state index contributed by atoms with van der Waals surface area (Å²) in [4.78, 5) is 0. The molecule has 0 fully saturated rings. The molecule has 0 aliphatic heterocycles. The fourth-order valence-electron chi connectivity index (χ4n) is 1.54. The van der Waals surface area contributed by atoms with Crippen LogP contribution >= 0.6 is 0 Å². The van der Waals surface area contributed by atoms with Crippen LogP contribution in [0.2, 0.25) is 0 Å². The Morgan fingerprint density at radius 2 is 1.83 bits per heavy atom. The largest absolute Gasteiger partial charge is 0.491 e. The first kappa shape index (κ1) is 14.8. The van der Waals surface area contributed by atoms with E-state index >= 15 is 0 Å². The van der Waals surface area contributed by atoms with Gasteiger partial charge in [0.2, 0.25) is 5.60 Å². The van der Waals surface area contributed by atoms with Gasteiger partial charge in [-0.25, -0.2) is 0 Å². The third-order valence-corrected chi connectivity index (χ3v) is 2.46. The Balaban J connectivity index is 3.30. The van der Waals surface area contributed by atoms with Gasteiger partial charge >= 0.3 is 6.18 Å². The number of para-hydroxylation sites is 1. The first-order valence-corrected chi connectivity index (χ1v) is 5.47. The highest BCUT2D eigenvalue weighted by Gasteiger charge is 2.55. The standard InChI is InChI=1S/C12H16F3NO2/c1-8(2)18-10-6-4-3-5-9(10)11(17,7-16)12(13,14)15/h3-6,8,17H,7,16H2,1-2H3. The summed E-state index contributed by atoms with van der Waals surface area (Å²) in [6, 6.07) is 5.48. The van der Waals surface area contributed by atoms with Crippen LogP contribution in [-0.2, 0) is 5.60 Å². The van der Waals surface area contributed by atoms with Crippen LogP contribution in [0.15, 0.2) is 24.3 Å². The van der Waals surface area contributed by atoms with E-state index in [-0.39, 0.29) is 17.4 Å². The average molecular weight is 263 g/mol. The van der Waals surface area contributed by atoms with Gasteiger partial charge in [0.05, 0.1) is 6.10 Å². The Morgan fingerprint density at radius 1 is 1.28 bits per heavy atom. The summed E-state index contributed by atoms with van der Waals surface area (Å²) in [5.74, 6) is -0.0159. The third kappa shape index (κ3) is 2.76. The van der Waals surface area contributed by atoms with Gasteiger partial charge in [-0.15, -0.1) is 0 Å². The van der Waals surface area contributed by atoms with Crippen LogP contribution in [-0.4, -0.2) is 23.9 Å². The van der Waals surface area contributed by atoms with Crippen LogP contribution in [0, 0.1) is 0 Å². The van der Waals surface area contributed by atoms with E-state index in [9.17, 15) is 18.3 Å². The lowest BCUT2D eigenvalue weighted by Gasteiger charge is -2.31. The monoisotopic (exact) mass is 263 g/mol. The van der Waals surface area contributed by atoms with E-state index < -0.39 is 18.3 Å². The van der Waals surface area contributed by atoms with Gasteiger partial charge in [0.25, 0.3) is 0 Å². The van der Waals surface area contributed by atoms with E-state index in [0.29, 0.717) is 0 Å². The van der Waals surface area contributed by atoms with Gasteiger partial charge in [-0.05, 0) is 19.9 Å². The molecule has 1 aromatic carbocycles. The smallest absolute Gasteiger partial charge is 0.422 e. The first-order chi connectivity index (χ1) is 8.22. The maximum absolute atomic E-state index is 12.9. The predicted octanol–water partition coefficient (Wildman–Crippen LogP) is 2.18. The van der Waals surface area contributed by atoms with Crippen molar-refractivity contribution in [1.29, 1.82) is 0 Å². The van der Waals surface area contributed by atoms with E-state index in [1.54, 1.807) is 13.8 Å². The molecule has 1 rings (SSSR count). The summed E-state index contributed by atoms with van der Waals surface area (Å²) in [6.45, 7) is 2.41. The van der Waals surface area contributed by atoms with Gasteiger partial charge < -0.3 is 15.6 Å². The first-order valence-electron chi connectivity index (χ1n) is 5.47. The van der Waals surface area contributed by atoms with Crippen molar-refractivity contribution in [2.75, 3.05) is 6.54 Å². The molecule has 0 saturated carbocycles. The normalized spacial score (nSPS) is 15.6. The van der Waals surface area contributed by atoms with Gasteiger partial charge in [0.15, 0.2) is 0 Å². The number of hydrogen-bond acceptors (Lipinski definition) is 3. The second-order valence-electron chi connectivity index (χ2n) is 4.22. The van der Waals surface area contributed by atoms with Crippen molar-refractivity contribution >= 4 is 0 Å². The third-order valence-electron chi connectivity index (χ3n) is 2.46. The molecule has 0 bridgehead atoms. The minimum absolute atomic E-state index is 0.0159. The van der Waals surface area contributed by atoms with Crippen molar-refractivity contribution in [1.82, 2.24) is 0 Å². The molecule has 18 heavy (non-hydrogen) atoms. The highest BCUT2D eigenvalue weighted by atomic mass is 19.4. The lowest BCUT2D eigenvalue weighted by atomic mass is 9.92. The summed E-state index contributed by atoms with van der Waals surface area (Å²) in [6.07, 6.45) is -5.17. The summed E-state index contributed by atoms with van der Waals surface area (Å²) in [7, 11) is 0. The highest BCUT2D eigenvalue weighted by molar-refractivity contribution is 5.39. The molecule has 3 nitrogen and oxygen atoms in total. The van der Waals surface area contributed by atoms with Crippen molar-refractivity contribution in [3.05, 3.63) is 29.8 Å². The molecule has 0 amide bonds. The molecule has 1 atom stereocenters. The van der Waals surface area contributed by atoms with Crippen molar-refractivity contribution in [2.45, 2.75) is 31.7 Å². The zero-order chi connectivity index (χ0) is 14.0. The molecule has 0 aliphatic carbocycles. The second kappa shape index (κ2) is 5.16. The Morgan fingerprint density at radius 3 is 2.28 bits per heavy atom. The van der Waals surface area contributed by atoms with E-state index in [0.717, 1.165) is 6.07 Å². The van der Waals surface area contributed by atoms with Gasteiger partial charge in [-0.2, -0.15) is 13.2 Å². The molecule has 1 unspecified atom stereocenters. The van der Waals surface area contributed by atoms with E-state index in [1.165, 1.54) is 18.2 Å². The Hall–Kier alpha value is -1.27. The van der Waals surface area contributed by atoms with E-state index in [1.807, 2.05) is 0 Å². The van der Waals surface area contributed by atoms with Crippen molar-refractivity contribution in [3.8, 4) is 5.75 Å². The maximum Gasteiger partial charge on any atom is 0.422 e. The fourth-order valence-corrected chi connectivity index (χ4v) is 1.54. The van der Waals surface area contributed by atoms with Crippen LogP contribution in [0.3, 0.4) is 0 Å². The Kier molecular flexibility index (Phi) is 4.24. The Labute approximate surface area is 103 Å². The summed E-state index contributed by atoms with van der Waals surface area (Å²) in [5, 5.41) is 9.79. The van der Waals surface area contributed by atoms with Gasteiger partial charge in [0, 0.05) is 12.1 Å². The zero-order valence-corrected chi connectivity index (χ0v) is 10.2. The van der Waals surface area contributed by atoms with Crippen LogP contribution in [0.4, 0.5) is 13.2 Å². The van der Waals surface area contributed by atoms with E-state index in [4.69, 9.17) is 10.5 Å². The van der Waals surface area contributed by atoms with Gasteiger partial charge in [-0.1, -0.05) is 18.2 Å². The number of halogens is 3. The molecule has 102 valence electrons. The minimum atomic E-state index is -4.86. The van der Waals surface area contributed by atoms with Gasteiger partial charge in [0.1, 0.15) is 5.75 Å². The summed E-state index contributed by atoms with van der Waals surface area (Å²) in [5.41, 5.74) is 1.63. The fraction of sp³-hybridized carbons (Fsp3) is 0.500. The number of hydrogen-bond donors (Lipinski definition) is 2. The number of benzene rings is 1. The molecule has 6 heteroatoms. The number of aliphatic hydroxyl groups is 1. The topological polar surface area (TPSA) is 55.5 Å². The van der Waals surface area contributed by atoms with Crippen LogP contribution < -0.4 is 10.5 Å². The maximum atomic E-state index is 12.9.